The Kier molecular flexibility index (Phi) is 5.40. The molecular weight excluding hydrogens is 274 g/mol. The average Bonchev–Trinajstić information content (AvgIpc) is 2.47. The number of halogens is 1. The summed E-state index contributed by atoms with van der Waals surface area (Å²) >= 11 is 6.07. The molecule has 20 heavy (non-hydrogen) atoms. The van der Waals surface area contributed by atoms with E-state index in [9.17, 15) is 4.79 Å². The van der Waals surface area contributed by atoms with E-state index in [2.05, 4.69) is 28.5 Å². The van der Waals surface area contributed by atoms with E-state index in [1.165, 1.54) is 0 Å². The quantitative estimate of drug-likeness (QED) is 0.890. The number of benzene rings is 1. The van der Waals surface area contributed by atoms with Gasteiger partial charge >= 0.3 is 0 Å². The molecule has 5 heteroatoms. The topological polar surface area (TPSA) is 44.4 Å². The fourth-order valence-electron chi connectivity index (χ4n) is 2.68. The third kappa shape index (κ3) is 3.51. The zero-order chi connectivity index (χ0) is 14.5. The SMILES string of the molecule is CCNC(=O)C1CNCCN1C(C)c1cccc(Cl)c1. The highest BCUT2D eigenvalue weighted by molar-refractivity contribution is 6.30. The molecule has 4 nitrogen and oxygen atoms in total. The molecule has 110 valence electrons. The summed E-state index contributed by atoms with van der Waals surface area (Å²) in [5.41, 5.74) is 1.15. The smallest absolute Gasteiger partial charge is 0.238 e. The first-order valence-corrected chi connectivity index (χ1v) is 7.51. The van der Waals surface area contributed by atoms with Crippen LogP contribution in [0.25, 0.3) is 0 Å². The van der Waals surface area contributed by atoms with Gasteiger partial charge in [0.1, 0.15) is 6.04 Å². The first kappa shape index (κ1) is 15.3. The second kappa shape index (κ2) is 7.07. The standard InChI is InChI=1S/C15H22ClN3O/c1-3-18-15(20)14-10-17-7-8-19(14)11(2)12-5-4-6-13(16)9-12/h4-6,9,11,14,17H,3,7-8,10H2,1-2H3,(H,18,20). The summed E-state index contributed by atoms with van der Waals surface area (Å²) in [5, 5.41) is 6.94. The molecule has 1 amide bonds. The van der Waals surface area contributed by atoms with Crippen LogP contribution in [0.4, 0.5) is 0 Å². The Morgan fingerprint density at radius 2 is 2.40 bits per heavy atom. The maximum atomic E-state index is 12.2. The lowest BCUT2D eigenvalue weighted by atomic mass is 10.0. The minimum atomic E-state index is -0.127. The number of likely N-dealkylation sites (N-methyl/N-ethyl adjacent to an activating group) is 1. The summed E-state index contributed by atoms with van der Waals surface area (Å²) in [6, 6.07) is 7.91. The highest BCUT2D eigenvalue weighted by Gasteiger charge is 2.31. The molecule has 0 aliphatic carbocycles. The van der Waals surface area contributed by atoms with Crippen molar-refractivity contribution in [3.8, 4) is 0 Å². The second-order valence-electron chi connectivity index (χ2n) is 5.08. The minimum Gasteiger partial charge on any atom is -0.355 e. The summed E-state index contributed by atoms with van der Waals surface area (Å²) < 4.78 is 0. The van der Waals surface area contributed by atoms with Gasteiger partial charge in [-0.05, 0) is 31.5 Å². The van der Waals surface area contributed by atoms with Crippen LogP contribution in [0.3, 0.4) is 0 Å². The molecule has 0 radical (unpaired) electrons. The molecule has 1 aliphatic heterocycles. The van der Waals surface area contributed by atoms with E-state index in [0.29, 0.717) is 13.1 Å². The fraction of sp³-hybridized carbons (Fsp3) is 0.533. The molecule has 2 rings (SSSR count). The molecular formula is C15H22ClN3O. The van der Waals surface area contributed by atoms with Crippen molar-refractivity contribution >= 4 is 17.5 Å². The molecule has 1 saturated heterocycles. The summed E-state index contributed by atoms with van der Waals surface area (Å²) in [6.07, 6.45) is 0. The molecule has 1 aromatic rings. The Morgan fingerprint density at radius 1 is 1.60 bits per heavy atom. The first-order chi connectivity index (χ1) is 9.63. The second-order valence-corrected chi connectivity index (χ2v) is 5.52. The summed E-state index contributed by atoms with van der Waals surface area (Å²) in [6.45, 7) is 7.18. The molecule has 0 spiro atoms. The number of carbonyl (C=O) groups excluding carboxylic acids is 1. The minimum absolute atomic E-state index is 0.0913. The van der Waals surface area contributed by atoms with Gasteiger partial charge in [-0.25, -0.2) is 0 Å². The van der Waals surface area contributed by atoms with Crippen molar-refractivity contribution in [3.63, 3.8) is 0 Å². The third-order valence-corrected chi connectivity index (χ3v) is 4.00. The molecule has 0 aromatic heterocycles. The van der Waals surface area contributed by atoms with Gasteiger partial charge in [-0.1, -0.05) is 23.7 Å². The van der Waals surface area contributed by atoms with E-state index < -0.39 is 0 Å². The maximum absolute atomic E-state index is 12.2. The van der Waals surface area contributed by atoms with Gasteiger partial charge in [-0.15, -0.1) is 0 Å². The zero-order valence-electron chi connectivity index (χ0n) is 12.0. The van der Waals surface area contributed by atoms with Gasteiger partial charge in [0, 0.05) is 37.2 Å². The van der Waals surface area contributed by atoms with Crippen molar-refractivity contribution < 1.29 is 4.79 Å². The monoisotopic (exact) mass is 295 g/mol. The average molecular weight is 296 g/mol. The van der Waals surface area contributed by atoms with Crippen LogP contribution in [0.1, 0.15) is 25.5 Å². The number of hydrogen-bond acceptors (Lipinski definition) is 3. The highest BCUT2D eigenvalue weighted by atomic mass is 35.5. The predicted molar refractivity (Wildman–Crippen MR) is 81.9 cm³/mol. The molecule has 0 saturated carbocycles. The van der Waals surface area contributed by atoms with Crippen molar-refractivity contribution in [3.05, 3.63) is 34.9 Å². The van der Waals surface area contributed by atoms with E-state index in [0.717, 1.165) is 23.7 Å². The van der Waals surface area contributed by atoms with Gasteiger partial charge < -0.3 is 10.6 Å². The van der Waals surface area contributed by atoms with Crippen LogP contribution in [0.2, 0.25) is 5.02 Å². The maximum Gasteiger partial charge on any atom is 0.238 e. The summed E-state index contributed by atoms with van der Waals surface area (Å²) in [4.78, 5) is 14.4. The number of amides is 1. The van der Waals surface area contributed by atoms with Crippen molar-refractivity contribution in [2.45, 2.75) is 25.9 Å². The molecule has 2 unspecified atom stereocenters. The Balaban J connectivity index is 2.16. The third-order valence-electron chi connectivity index (χ3n) is 3.77. The number of nitrogens with zero attached hydrogens (tertiary/aromatic N) is 1. The lowest BCUT2D eigenvalue weighted by molar-refractivity contribution is -0.128. The normalized spacial score (nSPS) is 21.4. The Hall–Kier alpha value is -1.10. The van der Waals surface area contributed by atoms with Crippen molar-refractivity contribution in [2.75, 3.05) is 26.2 Å². The fourth-order valence-corrected chi connectivity index (χ4v) is 2.88. The van der Waals surface area contributed by atoms with Crippen LogP contribution in [-0.4, -0.2) is 43.0 Å². The summed E-state index contributed by atoms with van der Waals surface area (Å²) in [7, 11) is 0. The number of nitrogens with one attached hydrogen (secondary N) is 2. The zero-order valence-corrected chi connectivity index (χ0v) is 12.8. The Labute approximate surface area is 125 Å². The van der Waals surface area contributed by atoms with Crippen LogP contribution in [0.5, 0.6) is 0 Å². The van der Waals surface area contributed by atoms with Crippen LogP contribution < -0.4 is 10.6 Å². The van der Waals surface area contributed by atoms with E-state index in [1.807, 2.05) is 25.1 Å². The van der Waals surface area contributed by atoms with Crippen LogP contribution in [-0.2, 0) is 4.79 Å². The van der Waals surface area contributed by atoms with E-state index >= 15 is 0 Å². The van der Waals surface area contributed by atoms with Gasteiger partial charge in [-0.3, -0.25) is 9.69 Å². The van der Waals surface area contributed by atoms with Crippen molar-refractivity contribution in [2.24, 2.45) is 0 Å². The number of piperazine rings is 1. The number of rotatable bonds is 4. The van der Waals surface area contributed by atoms with Gasteiger partial charge in [0.15, 0.2) is 0 Å². The molecule has 0 bridgehead atoms. The van der Waals surface area contributed by atoms with Crippen molar-refractivity contribution in [1.82, 2.24) is 15.5 Å². The van der Waals surface area contributed by atoms with E-state index in [-0.39, 0.29) is 18.0 Å². The summed E-state index contributed by atoms with van der Waals surface area (Å²) in [5.74, 6) is 0.0913. The lowest BCUT2D eigenvalue weighted by Gasteiger charge is -2.39. The molecule has 2 atom stereocenters. The number of hydrogen-bond donors (Lipinski definition) is 2. The lowest BCUT2D eigenvalue weighted by Crippen LogP contribution is -2.58. The predicted octanol–water partition coefficient (Wildman–Crippen LogP) is 1.81. The molecule has 1 heterocycles. The van der Waals surface area contributed by atoms with Gasteiger partial charge in [0.05, 0.1) is 0 Å². The molecule has 1 fully saturated rings. The van der Waals surface area contributed by atoms with Crippen LogP contribution in [0.15, 0.2) is 24.3 Å². The van der Waals surface area contributed by atoms with Gasteiger partial charge in [0.25, 0.3) is 0 Å². The van der Waals surface area contributed by atoms with Gasteiger partial charge in [0.2, 0.25) is 5.91 Å². The molecule has 1 aliphatic rings. The first-order valence-electron chi connectivity index (χ1n) is 7.13. The molecule has 1 aromatic carbocycles. The Bertz CT molecular complexity index is 466. The van der Waals surface area contributed by atoms with Gasteiger partial charge in [-0.2, -0.15) is 0 Å². The number of carbonyl (C=O) groups is 1. The van der Waals surface area contributed by atoms with Crippen LogP contribution in [0, 0.1) is 0 Å². The molecule has 2 N–H and O–H groups in total. The highest BCUT2D eigenvalue weighted by Crippen LogP contribution is 2.25. The Morgan fingerprint density at radius 3 is 3.10 bits per heavy atom. The van der Waals surface area contributed by atoms with Crippen molar-refractivity contribution in [1.29, 1.82) is 0 Å². The van der Waals surface area contributed by atoms with E-state index in [1.54, 1.807) is 0 Å². The van der Waals surface area contributed by atoms with Crippen LogP contribution >= 0.6 is 11.6 Å². The van der Waals surface area contributed by atoms with E-state index in [4.69, 9.17) is 11.6 Å². The largest absolute Gasteiger partial charge is 0.355 e.